The Hall–Kier alpha value is -2.80. The summed E-state index contributed by atoms with van der Waals surface area (Å²) in [5, 5.41) is 41.9. The number of phenolic OH excluding ortho intramolecular Hbond substituents is 3. The van der Waals surface area contributed by atoms with Crippen LogP contribution in [-0.2, 0) is 6.42 Å². The Morgan fingerprint density at radius 2 is 1.86 bits per heavy atom. The summed E-state index contributed by atoms with van der Waals surface area (Å²) in [7, 11) is 0. The first-order chi connectivity index (χ1) is 10.5. The zero-order valence-electron chi connectivity index (χ0n) is 11.3. The van der Waals surface area contributed by atoms with Gasteiger partial charge < -0.3 is 25.2 Å². The van der Waals surface area contributed by atoms with Crippen molar-refractivity contribution in [3.8, 4) is 23.0 Å². The molecule has 4 N–H and O–H groups in total. The largest absolute Gasteiger partial charge is 0.508 e. The molecular weight excluding hydrogens is 290 g/mol. The molecule has 1 aliphatic rings. The van der Waals surface area contributed by atoms with Crippen LogP contribution >= 0.6 is 0 Å². The number of aliphatic hydroxyl groups excluding tert-OH is 1. The number of hydrogen-bond donors (Lipinski definition) is 4. The van der Waals surface area contributed by atoms with E-state index in [1.807, 2.05) is 0 Å². The molecule has 2 aromatic rings. The fourth-order valence-corrected chi connectivity index (χ4v) is 2.54. The van der Waals surface area contributed by atoms with E-state index in [0.29, 0.717) is 11.1 Å². The van der Waals surface area contributed by atoms with Crippen LogP contribution in [0, 0.1) is 4.91 Å². The number of benzene rings is 2. The van der Waals surface area contributed by atoms with Crippen molar-refractivity contribution in [1.82, 2.24) is 0 Å². The smallest absolute Gasteiger partial charge is 0.150 e. The second kappa shape index (κ2) is 5.19. The summed E-state index contributed by atoms with van der Waals surface area (Å²) in [5.41, 5.74) is 0.743. The van der Waals surface area contributed by atoms with Gasteiger partial charge in [0.15, 0.2) is 0 Å². The van der Waals surface area contributed by atoms with Crippen LogP contribution in [0.25, 0.3) is 0 Å². The Morgan fingerprint density at radius 1 is 1.09 bits per heavy atom. The molecule has 7 nitrogen and oxygen atoms in total. The predicted molar refractivity (Wildman–Crippen MR) is 76.4 cm³/mol. The zero-order valence-corrected chi connectivity index (χ0v) is 11.3. The summed E-state index contributed by atoms with van der Waals surface area (Å²) in [6.07, 6.45) is -1.64. The number of phenols is 3. The maximum absolute atomic E-state index is 10.5. The molecule has 0 saturated carbocycles. The fraction of sp³-hybridized carbons (Fsp3) is 0.200. The van der Waals surface area contributed by atoms with Gasteiger partial charge in [0.25, 0.3) is 0 Å². The molecule has 0 spiro atoms. The van der Waals surface area contributed by atoms with E-state index in [2.05, 4.69) is 5.18 Å². The van der Waals surface area contributed by atoms with Crippen LogP contribution in [0.1, 0.15) is 17.2 Å². The van der Waals surface area contributed by atoms with E-state index in [1.165, 1.54) is 30.3 Å². The lowest BCUT2D eigenvalue weighted by molar-refractivity contribution is 0.0197. The van der Waals surface area contributed by atoms with Gasteiger partial charge in [-0.1, -0.05) is 6.07 Å². The van der Waals surface area contributed by atoms with Gasteiger partial charge in [0.05, 0.1) is 6.10 Å². The fourth-order valence-electron chi connectivity index (χ4n) is 2.54. The van der Waals surface area contributed by atoms with Crippen LogP contribution in [0.4, 0.5) is 5.69 Å². The number of nitrogens with zero attached hydrogens (tertiary/aromatic N) is 1. The van der Waals surface area contributed by atoms with Gasteiger partial charge >= 0.3 is 0 Å². The number of nitroso groups, excluding NO2 is 1. The van der Waals surface area contributed by atoms with Gasteiger partial charge in [-0.2, -0.15) is 0 Å². The van der Waals surface area contributed by atoms with Gasteiger partial charge in [0.2, 0.25) is 0 Å². The molecule has 0 aromatic heterocycles. The molecule has 114 valence electrons. The molecule has 7 heteroatoms. The normalized spacial score (nSPS) is 20.0. The number of aromatic hydroxyl groups is 3. The number of fused-ring (bicyclic) bond motifs is 1. The molecule has 0 bridgehead atoms. The van der Waals surface area contributed by atoms with Crippen molar-refractivity contribution in [2.24, 2.45) is 5.18 Å². The first kappa shape index (κ1) is 14.2. The third-order valence-electron chi connectivity index (χ3n) is 3.61. The Morgan fingerprint density at radius 3 is 2.55 bits per heavy atom. The molecule has 0 fully saturated rings. The molecule has 0 aliphatic carbocycles. The Balaban J connectivity index is 1.99. The second-order valence-electron chi connectivity index (χ2n) is 5.09. The van der Waals surface area contributed by atoms with Gasteiger partial charge in [0, 0.05) is 24.1 Å². The summed E-state index contributed by atoms with van der Waals surface area (Å²) < 4.78 is 5.63. The van der Waals surface area contributed by atoms with E-state index < -0.39 is 12.2 Å². The van der Waals surface area contributed by atoms with Crippen molar-refractivity contribution < 1.29 is 25.2 Å². The van der Waals surface area contributed by atoms with Gasteiger partial charge in [-0.25, -0.2) is 0 Å². The quantitative estimate of drug-likeness (QED) is 0.632. The van der Waals surface area contributed by atoms with E-state index in [1.54, 1.807) is 0 Å². The summed E-state index contributed by atoms with van der Waals surface area (Å²) in [4.78, 5) is 10.5. The van der Waals surface area contributed by atoms with Crippen molar-refractivity contribution in [1.29, 1.82) is 0 Å². The third kappa shape index (κ3) is 2.31. The summed E-state index contributed by atoms with van der Waals surface area (Å²) in [6.45, 7) is 0. The Kier molecular flexibility index (Phi) is 3.34. The molecule has 1 unspecified atom stereocenters. The second-order valence-corrected chi connectivity index (χ2v) is 5.09. The number of ether oxygens (including phenoxy) is 1. The van der Waals surface area contributed by atoms with E-state index in [9.17, 15) is 25.3 Å². The van der Waals surface area contributed by atoms with Gasteiger partial charge in [-0.05, 0) is 22.9 Å². The first-order valence-corrected chi connectivity index (χ1v) is 6.55. The molecule has 1 heterocycles. The maximum atomic E-state index is 10.5. The maximum Gasteiger partial charge on any atom is 0.150 e. The van der Waals surface area contributed by atoms with E-state index in [0.717, 1.165) is 0 Å². The van der Waals surface area contributed by atoms with Gasteiger partial charge in [-0.3, -0.25) is 0 Å². The van der Waals surface area contributed by atoms with Crippen LogP contribution in [0.15, 0.2) is 35.5 Å². The monoisotopic (exact) mass is 303 g/mol. The van der Waals surface area contributed by atoms with Crippen molar-refractivity contribution in [2.75, 3.05) is 0 Å². The average Bonchev–Trinajstić information content (AvgIpc) is 2.47. The Labute approximate surface area is 125 Å². The van der Waals surface area contributed by atoms with Crippen LogP contribution in [0.5, 0.6) is 23.0 Å². The topological polar surface area (TPSA) is 120 Å². The van der Waals surface area contributed by atoms with Crippen molar-refractivity contribution in [3.05, 3.63) is 46.4 Å². The minimum atomic E-state index is -0.961. The highest BCUT2D eigenvalue weighted by molar-refractivity contribution is 5.54. The number of aliphatic hydroxyl groups is 1. The highest BCUT2D eigenvalue weighted by Crippen LogP contribution is 2.42. The minimum absolute atomic E-state index is 0.107. The molecule has 22 heavy (non-hydrogen) atoms. The summed E-state index contributed by atoms with van der Waals surface area (Å²) in [5.74, 6) is -0.372. The molecule has 2 atom stereocenters. The highest BCUT2D eigenvalue weighted by atomic mass is 16.5. The number of rotatable bonds is 2. The lowest BCUT2D eigenvalue weighted by Gasteiger charge is -2.31. The van der Waals surface area contributed by atoms with Gasteiger partial charge in [0.1, 0.15) is 34.8 Å². The van der Waals surface area contributed by atoms with E-state index in [4.69, 9.17) is 4.74 Å². The average molecular weight is 303 g/mol. The van der Waals surface area contributed by atoms with Crippen LogP contribution < -0.4 is 4.74 Å². The van der Waals surface area contributed by atoms with E-state index >= 15 is 0 Å². The standard InChI is InChI=1S/C15H13NO6/c17-8-4-11(18)9-6-13(20)15(22-14(9)5-8)7-1-2-10(16-21)12(19)3-7/h1-5,13,15,17-20H,6H2/t13-,15?/m1/s1. The molecule has 1 aliphatic heterocycles. The first-order valence-electron chi connectivity index (χ1n) is 6.55. The molecule has 3 rings (SSSR count). The molecule has 0 radical (unpaired) electrons. The zero-order chi connectivity index (χ0) is 15.9. The molecule has 0 saturated heterocycles. The minimum Gasteiger partial charge on any atom is -0.508 e. The predicted octanol–water partition coefficient (Wildman–Crippen LogP) is 2.24. The van der Waals surface area contributed by atoms with Crippen LogP contribution in [0.3, 0.4) is 0 Å². The molecule has 0 amide bonds. The highest BCUT2D eigenvalue weighted by Gasteiger charge is 2.32. The molecular formula is C15H13NO6. The molecule has 2 aromatic carbocycles. The van der Waals surface area contributed by atoms with Crippen molar-refractivity contribution >= 4 is 5.69 Å². The van der Waals surface area contributed by atoms with Crippen molar-refractivity contribution in [2.45, 2.75) is 18.6 Å². The van der Waals surface area contributed by atoms with Crippen LogP contribution in [-0.4, -0.2) is 26.5 Å². The van der Waals surface area contributed by atoms with Crippen molar-refractivity contribution in [3.63, 3.8) is 0 Å². The lowest BCUT2D eigenvalue weighted by Crippen LogP contribution is -2.30. The Bertz CT molecular complexity index is 745. The summed E-state index contributed by atoms with van der Waals surface area (Å²) >= 11 is 0. The van der Waals surface area contributed by atoms with Crippen LogP contribution in [0.2, 0.25) is 0 Å². The van der Waals surface area contributed by atoms with E-state index in [-0.39, 0.29) is 35.1 Å². The SMILES string of the molecule is O=Nc1ccc(C2Oc3cc(O)cc(O)c3C[C@H]2O)cc1O. The number of hydrogen-bond acceptors (Lipinski definition) is 7. The van der Waals surface area contributed by atoms with Gasteiger partial charge in [-0.15, -0.1) is 4.91 Å². The lowest BCUT2D eigenvalue weighted by atomic mass is 9.94. The summed E-state index contributed by atoms with van der Waals surface area (Å²) in [6, 6.07) is 6.64. The third-order valence-corrected chi connectivity index (χ3v) is 3.61.